The summed E-state index contributed by atoms with van der Waals surface area (Å²) in [7, 11) is -3.42. The molecule has 19 heavy (non-hydrogen) atoms. The molecule has 1 heterocycles. The minimum absolute atomic E-state index is 0.280. The number of halogens is 1. The van der Waals surface area contributed by atoms with Gasteiger partial charge in [-0.1, -0.05) is 24.3 Å². The zero-order valence-electron chi connectivity index (χ0n) is 10.5. The minimum Gasteiger partial charge on any atom is -0.379 e. The van der Waals surface area contributed by atoms with E-state index in [2.05, 4.69) is 4.72 Å². The van der Waals surface area contributed by atoms with Gasteiger partial charge in [-0.25, -0.2) is 0 Å². The van der Waals surface area contributed by atoms with Crippen LogP contribution in [0.15, 0.2) is 24.3 Å². The Hall–Kier alpha value is -0.660. The summed E-state index contributed by atoms with van der Waals surface area (Å²) >= 11 is 5.70. The predicted octanol–water partition coefficient (Wildman–Crippen LogP) is 1.09. The average Bonchev–Trinajstić information content (AvgIpc) is 2.47. The summed E-state index contributed by atoms with van der Waals surface area (Å²) in [5, 5.41) is 0. The van der Waals surface area contributed by atoms with Crippen LogP contribution in [0.3, 0.4) is 0 Å². The lowest BCUT2D eigenvalue weighted by molar-refractivity contribution is 0.0725. The van der Waals surface area contributed by atoms with E-state index >= 15 is 0 Å². The van der Waals surface area contributed by atoms with Crippen molar-refractivity contribution in [2.24, 2.45) is 0 Å². The molecule has 5 nitrogen and oxygen atoms in total. The van der Waals surface area contributed by atoms with E-state index in [0.29, 0.717) is 32.2 Å². The normalized spacial score (nSPS) is 17.5. The van der Waals surface area contributed by atoms with Gasteiger partial charge in [0.15, 0.2) is 0 Å². The first-order valence-electron chi connectivity index (χ1n) is 6.08. The minimum atomic E-state index is -3.42. The van der Waals surface area contributed by atoms with Crippen molar-refractivity contribution in [1.82, 2.24) is 9.03 Å². The third-order valence-electron chi connectivity index (χ3n) is 2.95. The molecule has 1 fully saturated rings. The number of rotatable bonds is 5. The zero-order chi connectivity index (χ0) is 13.7. The topological polar surface area (TPSA) is 58.6 Å². The second kappa shape index (κ2) is 6.67. The number of nitrogens with zero attached hydrogens (tertiary/aromatic N) is 1. The van der Waals surface area contributed by atoms with Gasteiger partial charge in [0.05, 0.1) is 13.2 Å². The van der Waals surface area contributed by atoms with E-state index in [4.69, 9.17) is 16.3 Å². The fraction of sp³-hybridized carbons (Fsp3) is 0.500. The number of ether oxygens (including phenoxy) is 1. The summed E-state index contributed by atoms with van der Waals surface area (Å²) in [6, 6.07) is 7.54. The number of nitrogens with one attached hydrogen (secondary N) is 1. The molecule has 2 rings (SSSR count). The molecule has 1 aliphatic heterocycles. The molecule has 0 atom stereocenters. The van der Waals surface area contributed by atoms with Gasteiger partial charge < -0.3 is 4.74 Å². The van der Waals surface area contributed by atoms with Crippen LogP contribution >= 0.6 is 11.6 Å². The van der Waals surface area contributed by atoms with Gasteiger partial charge in [0.2, 0.25) is 0 Å². The Labute approximate surface area is 118 Å². The van der Waals surface area contributed by atoms with Crippen molar-refractivity contribution < 1.29 is 13.2 Å². The Bertz CT molecular complexity index is 498. The first-order chi connectivity index (χ1) is 9.12. The summed E-state index contributed by atoms with van der Waals surface area (Å²) in [6.07, 6.45) is 0. The van der Waals surface area contributed by atoms with E-state index in [-0.39, 0.29) is 6.54 Å². The number of morpholine rings is 1. The second-order valence-corrected chi connectivity index (χ2v) is 6.31. The summed E-state index contributed by atoms with van der Waals surface area (Å²) in [5.41, 5.74) is 1.92. The van der Waals surface area contributed by atoms with Gasteiger partial charge in [0, 0.05) is 25.5 Å². The van der Waals surface area contributed by atoms with E-state index in [9.17, 15) is 8.42 Å². The molecule has 0 radical (unpaired) electrons. The van der Waals surface area contributed by atoms with Gasteiger partial charge in [-0.15, -0.1) is 11.6 Å². The summed E-state index contributed by atoms with van der Waals surface area (Å²) in [4.78, 5) is 0. The molecule has 0 spiro atoms. The van der Waals surface area contributed by atoms with E-state index in [1.807, 2.05) is 24.3 Å². The van der Waals surface area contributed by atoms with E-state index in [0.717, 1.165) is 11.1 Å². The van der Waals surface area contributed by atoms with E-state index < -0.39 is 10.2 Å². The maximum Gasteiger partial charge on any atom is 0.279 e. The van der Waals surface area contributed by atoms with Crippen LogP contribution < -0.4 is 4.72 Å². The van der Waals surface area contributed by atoms with Crippen molar-refractivity contribution in [1.29, 1.82) is 0 Å². The van der Waals surface area contributed by atoms with Crippen LogP contribution in [0.1, 0.15) is 11.1 Å². The lowest BCUT2D eigenvalue weighted by Crippen LogP contribution is -2.46. The Kier molecular flexibility index (Phi) is 5.18. The third-order valence-corrected chi connectivity index (χ3v) is 4.81. The van der Waals surface area contributed by atoms with Gasteiger partial charge in [-0.2, -0.15) is 17.4 Å². The van der Waals surface area contributed by atoms with E-state index in [1.54, 1.807) is 0 Å². The Morgan fingerprint density at radius 2 is 1.74 bits per heavy atom. The van der Waals surface area contributed by atoms with Crippen molar-refractivity contribution in [2.75, 3.05) is 26.3 Å². The Morgan fingerprint density at radius 1 is 1.16 bits per heavy atom. The molecule has 0 saturated carbocycles. The molecular formula is C12H17ClN2O3S. The molecule has 1 aromatic carbocycles. The molecule has 0 aromatic heterocycles. The first-order valence-corrected chi connectivity index (χ1v) is 8.05. The maximum absolute atomic E-state index is 12.0. The molecule has 0 unspecified atom stereocenters. The highest BCUT2D eigenvalue weighted by Gasteiger charge is 2.23. The van der Waals surface area contributed by atoms with Crippen molar-refractivity contribution >= 4 is 21.8 Å². The van der Waals surface area contributed by atoms with Crippen molar-refractivity contribution in [3.05, 3.63) is 35.4 Å². The maximum atomic E-state index is 12.0. The fourth-order valence-electron chi connectivity index (χ4n) is 1.80. The van der Waals surface area contributed by atoms with Crippen LogP contribution in [0, 0.1) is 0 Å². The van der Waals surface area contributed by atoms with Crippen molar-refractivity contribution in [3.8, 4) is 0 Å². The van der Waals surface area contributed by atoms with Crippen LogP contribution in [0.4, 0.5) is 0 Å². The molecular weight excluding hydrogens is 288 g/mol. The molecule has 0 aliphatic carbocycles. The Balaban J connectivity index is 1.92. The summed E-state index contributed by atoms with van der Waals surface area (Å²) < 4.78 is 33.2. The van der Waals surface area contributed by atoms with Gasteiger partial charge in [0.1, 0.15) is 0 Å². The second-order valence-electron chi connectivity index (χ2n) is 4.29. The number of hydrogen-bond donors (Lipinski definition) is 1. The average molecular weight is 305 g/mol. The number of alkyl halides is 1. The van der Waals surface area contributed by atoms with Crippen LogP contribution in [0.2, 0.25) is 0 Å². The van der Waals surface area contributed by atoms with Crippen molar-refractivity contribution in [2.45, 2.75) is 12.4 Å². The monoisotopic (exact) mass is 304 g/mol. The molecule has 1 saturated heterocycles. The smallest absolute Gasteiger partial charge is 0.279 e. The zero-order valence-corrected chi connectivity index (χ0v) is 12.1. The quantitative estimate of drug-likeness (QED) is 0.829. The van der Waals surface area contributed by atoms with Gasteiger partial charge in [-0.05, 0) is 11.1 Å². The first kappa shape index (κ1) is 14.7. The predicted molar refractivity (Wildman–Crippen MR) is 74.2 cm³/mol. The number of hydrogen-bond acceptors (Lipinski definition) is 3. The molecule has 0 bridgehead atoms. The standard InChI is InChI=1S/C12H17ClN2O3S/c13-9-11-1-3-12(4-2-11)10-14-19(16,17)15-5-7-18-8-6-15/h1-4,14H,5-10H2. The summed E-state index contributed by atoms with van der Waals surface area (Å²) in [6.45, 7) is 1.99. The van der Waals surface area contributed by atoms with Gasteiger partial charge in [-0.3, -0.25) is 0 Å². The largest absolute Gasteiger partial charge is 0.379 e. The molecule has 0 amide bonds. The van der Waals surface area contributed by atoms with E-state index in [1.165, 1.54) is 4.31 Å². The van der Waals surface area contributed by atoms with Crippen LogP contribution in [-0.4, -0.2) is 39.0 Å². The third kappa shape index (κ3) is 4.15. The highest BCUT2D eigenvalue weighted by molar-refractivity contribution is 7.87. The molecule has 1 aliphatic rings. The Morgan fingerprint density at radius 3 is 2.32 bits per heavy atom. The lowest BCUT2D eigenvalue weighted by atomic mass is 10.1. The molecule has 106 valence electrons. The highest BCUT2D eigenvalue weighted by atomic mass is 35.5. The summed E-state index contributed by atoms with van der Waals surface area (Å²) in [5.74, 6) is 0.458. The van der Waals surface area contributed by atoms with Crippen LogP contribution in [-0.2, 0) is 27.4 Å². The molecule has 1 N–H and O–H groups in total. The number of benzene rings is 1. The van der Waals surface area contributed by atoms with Gasteiger partial charge >= 0.3 is 0 Å². The van der Waals surface area contributed by atoms with Crippen molar-refractivity contribution in [3.63, 3.8) is 0 Å². The van der Waals surface area contributed by atoms with Gasteiger partial charge in [0.25, 0.3) is 10.2 Å². The lowest BCUT2D eigenvalue weighted by Gasteiger charge is -2.26. The highest BCUT2D eigenvalue weighted by Crippen LogP contribution is 2.08. The van der Waals surface area contributed by atoms with Crippen LogP contribution in [0.5, 0.6) is 0 Å². The van der Waals surface area contributed by atoms with Crippen LogP contribution in [0.25, 0.3) is 0 Å². The molecule has 1 aromatic rings. The SMILES string of the molecule is O=S(=O)(NCc1ccc(CCl)cc1)N1CCOCC1. The fourth-order valence-corrected chi connectivity index (χ4v) is 3.14. The molecule has 7 heteroatoms.